The maximum Gasteiger partial charge on any atom is 0.243 e. The highest BCUT2D eigenvalue weighted by Gasteiger charge is 2.05. The number of hydrogen-bond donors (Lipinski definition) is 3. The molecule has 0 spiro atoms. The zero-order chi connectivity index (χ0) is 21.6. The SMILES string of the molecule is CN(C)CCCNC/C(=C/CCCCC(=O)NO)COc1cccc2ccccc12. The summed E-state index contributed by atoms with van der Waals surface area (Å²) in [5.74, 6) is 0.562. The second-order valence-corrected chi connectivity index (χ2v) is 7.74. The predicted octanol–water partition coefficient (Wildman–Crippen LogP) is 3.75. The maximum absolute atomic E-state index is 11.1. The number of benzene rings is 2. The van der Waals surface area contributed by atoms with Gasteiger partial charge in [-0.25, -0.2) is 5.48 Å². The quantitative estimate of drug-likeness (QED) is 0.190. The lowest BCUT2D eigenvalue weighted by Crippen LogP contribution is -2.24. The summed E-state index contributed by atoms with van der Waals surface area (Å²) in [5, 5.41) is 14.4. The standard InChI is InChI=1S/C24H35N3O3/c1-27(2)17-9-16-25-18-20(10-4-3-5-15-24(28)26-29)19-30-23-14-8-12-21-11-6-7-13-22(21)23/h6-8,10-14,25,29H,3-5,9,15-19H2,1-2H3,(H,26,28)/b20-10-. The molecule has 0 saturated heterocycles. The highest BCUT2D eigenvalue weighted by molar-refractivity contribution is 5.88. The summed E-state index contributed by atoms with van der Waals surface area (Å²) >= 11 is 0. The zero-order valence-corrected chi connectivity index (χ0v) is 18.2. The average Bonchev–Trinajstić information content (AvgIpc) is 2.75. The minimum atomic E-state index is -0.332. The fraction of sp³-hybridized carbons (Fsp3) is 0.458. The van der Waals surface area contributed by atoms with Crippen molar-refractivity contribution in [2.45, 2.75) is 32.1 Å². The van der Waals surface area contributed by atoms with Gasteiger partial charge in [0.15, 0.2) is 0 Å². The normalized spacial score (nSPS) is 11.8. The van der Waals surface area contributed by atoms with E-state index in [0.717, 1.165) is 56.5 Å². The molecule has 0 radical (unpaired) electrons. The Balaban J connectivity index is 1.90. The zero-order valence-electron chi connectivity index (χ0n) is 18.2. The number of rotatable bonds is 14. The lowest BCUT2D eigenvalue weighted by atomic mass is 10.1. The number of nitrogens with one attached hydrogen (secondary N) is 2. The summed E-state index contributed by atoms with van der Waals surface area (Å²) in [6.07, 6.45) is 6.17. The molecule has 0 aliphatic carbocycles. The van der Waals surface area contributed by atoms with E-state index < -0.39 is 0 Å². The van der Waals surface area contributed by atoms with Gasteiger partial charge in [-0.3, -0.25) is 10.0 Å². The number of ether oxygens (including phenoxy) is 1. The molecule has 0 unspecified atom stereocenters. The lowest BCUT2D eigenvalue weighted by Gasteiger charge is -2.14. The van der Waals surface area contributed by atoms with Gasteiger partial charge in [-0.15, -0.1) is 0 Å². The van der Waals surface area contributed by atoms with Crippen molar-refractivity contribution in [2.75, 3.05) is 40.3 Å². The molecule has 0 aliphatic heterocycles. The molecular formula is C24H35N3O3. The molecule has 0 heterocycles. The van der Waals surface area contributed by atoms with Gasteiger partial charge in [-0.2, -0.15) is 0 Å². The number of fused-ring (bicyclic) bond motifs is 1. The third-order valence-electron chi connectivity index (χ3n) is 4.89. The monoisotopic (exact) mass is 413 g/mol. The summed E-state index contributed by atoms with van der Waals surface area (Å²) in [5.41, 5.74) is 2.89. The van der Waals surface area contributed by atoms with Crippen LogP contribution in [0, 0.1) is 0 Å². The third-order valence-corrected chi connectivity index (χ3v) is 4.89. The first kappa shape index (κ1) is 23.9. The molecule has 0 atom stereocenters. The van der Waals surface area contributed by atoms with Crippen molar-refractivity contribution in [3.05, 3.63) is 54.1 Å². The molecule has 0 aliphatic rings. The molecule has 2 rings (SSSR count). The van der Waals surface area contributed by atoms with Crippen molar-refractivity contribution in [3.8, 4) is 5.75 Å². The lowest BCUT2D eigenvalue weighted by molar-refractivity contribution is -0.129. The van der Waals surface area contributed by atoms with Crippen LogP contribution in [-0.2, 0) is 4.79 Å². The Morgan fingerprint density at radius 1 is 1.10 bits per heavy atom. The fourth-order valence-electron chi connectivity index (χ4n) is 3.24. The number of carbonyl (C=O) groups is 1. The van der Waals surface area contributed by atoms with E-state index in [1.54, 1.807) is 5.48 Å². The minimum absolute atomic E-state index is 0.332. The molecular weight excluding hydrogens is 378 g/mol. The number of amides is 1. The molecule has 6 nitrogen and oxygen atoms in total. The molecule has 0 saturated carbocycles. The van der Waals surface area contributed by atoms with Gasteiger partial charge in [0.2, 0.25) is 5.91 Å². The van der Waals surface area contributed by atoms with Crippen LogP contribution in [0.4, 0.5) is 0 Å². The third kappa shape index (κ3) is 8.95. The van der Waals surface area contributed by atoms with Crippen molar-refractivity contribution in [2.24, 2.45) is 0 Å². The van der Waals surface area contributed by atoms with Gasteiger partial charge in [0.05, 0.1) is 0 Å². The Kier molecular flexibility index (Phi) is 10.9. The Hall–Kier alpha value is -2.41. The van der Waals surface area contributed by atoms with Crippen LogP contribution >= 0.6 is 0 Å². The molecule has 0 bridgehead atoms. The fourth-order valence-corrected chi connectivity index (χ4v) is 3.24. The topological polar surface area (TPSA) is 73.8 Å². The van der Waals surface area contributed by atoms with Gasteiger partial charge in [-0.05, 0) is 69.9 Å². The second kappa shape index (κ2) is 13.7. The van der Waals surface area contributed by atoms with E-state index in [4.69, 9.17) is 9.94 Å². The highest BCUT2D eigenvalue weighted by atomic mass is 16.5. The molecule has 2 aromatic rings. The first-order chi connectivity index (χ1) is 14.6. The summed E-state index contributed by atoms with van der Waals surface area (Å²) in [6.45, 7) is 3.34. The number of allylic oxidation sites excluding steroid dienone is 1. The molecule has 1 amide bonds. The highest BCUT2D eigenvalue weighted by Crippen LogP contribution is 2.25. The van der Waals surface area contributed by atoms with Crippen LogP contribution in [0.15, 0.2) is 54.1 Å². The molecule has 164 valence electrons. The average molecular weight is 414 g/mol. The molecule has 2 aromatic carbocycles. The van der Waals surface area contributed by atoms with Gasteiger partial charge in [-0.1, -0.05) is 42.5 Å². The van der Waals surface area contributed by atoms with E-state index in [9.17, 15) is 4.79 Å². The summed E-state index contributed by atoms with van der Waals surface area (Å²) in [6, 6.07) is 14.4. The number of hydrogen-bond acceptors (Lipinski definition) is 5. The van der Waals surface area contributed by atoms with Crippen LogP contribution in [0.5, 0.6) is 5.75 Å². The second-order valence-electron chi connectivity index (χ2n) is 7.74. The van der Waals surface area contributed by atoms with Crippen LogP contribution in [0.1, 0.15) is 32.1 Å². The van der Waals surface area contributed by atoms with Crippen molar-refractivity contribution >= 4 is 16.7 Å². The van der Waals surface area contributed by atoms with Crippen LogP contribution in [0.25, 0.3) is 10.8 Å². The predicted molar refractivity (Wildman–Crippen MR) is 122 cm³/mol. The molecule has 0 aromatic heterocycles. The van der Waals surface area contributed by atoms with E-state index in [1.807, 2.05) is 24.3 Å². The number of unbranched alkanes of at least 4 members (excludes halogenated alkanes) is 2. The van der Waals surface area contributed by atoms with Crippen molar-refractivity contribution < 1.29 is 14.7 Å². The summed E-state index contributed by atoms with van der Waals surface area (Å²) in [7, 11) is 4.17. The number of carbonyl (C=O) groups excluding carboxylic acids is 1. The van der Waals surface area contributed by atoms with E-state index in [0.29, 0.717) is 13.0 Å². The minimum Gasteiger partial charge on any atom is -0.489 e. The van der Waals surface area contributed by atoms with E-state index in [1.165, 1.54) is 11.0 Å². The van der Waals surface area contributed by atoms with E-state index in [2.05, 4.69) is 48.6 Å². The van der Waals surface area contributed by atoms with Crippen molar-refractivity contribution in [1.29, 1.82) is 0 Å². The Bertz CT molecular complexity index is 800. The van der Waals surface area contributed by atoms with Crippen molar-refractivity contribution in [3.63, 3.8) is 0 Å². The van der Waals surface area contributed by atoms with Crippen LogP contribution in [0.2, 0.25) is 0 Å². The Labute approximate surface area is 179 Å². The largest absolute Gasteiger partial charge is 0.489 e. The van der Waals surface area contributed by atoms with Crippen LogP contribution < -0.4 is 15.5 Å². The number of hydroxylamine groups is 1. The van der Waals surface area contributed by atoms with E-state index in [-0.39, 0.29) is 5.91 Å². The van der Waals surface area contributed by atoms with Gasteiger partial charge in [0.1, 0.15) is 12.4 Å². The van der Waals surface area contributed by atoms with Crippen molar-refractivity contribution in [1.82, 2.24) is 15.7 Å². The molecule has 30 heavy (non-hydrogen) atoms. The van der Waals surface area contributed by atoms with Gasteiger partial charge in [0, 0.05) is 18.4 Å². The Morgan fingerprint density at radius 2 is 1.90 bits per heavy atom. The summed E-state index contributed by atoms with van der Waals surface area (Å²) < 4.78 is 6.18. The smallest absolute Gasteiger partial charge is 0.243 e. The van der Waals surface area contributed by atoms with Gasteiger partial charge < -0.3 is 15.0 Å². The molecule has 3 N–H and O–H groups in total. The molecule has 0 fully saturated rings. The van der Waals surface area contributed by atoms with Gasteiger partial charge in [0.25, 0.3) is 0 Å². The van der Waals surface area contributed by atoms with E-state index >= 15 is 0 Å². The first-order valence-corrected chi connectivity index (χ1v) is 10.7. The Morgan fingerprint density at radius 3 is 2.70 bits per heavy atom. The van der Waals surface area contributed by atoms with Crippen LogP contribution in [0.3, 0.4) is 0 Å². The summed E-state index contributed by atoms with van der Waals surface area (Å²) in [4.78, 5) is 13.3. The van der Waals surface area contributed by atoms with Crippen LogP contribution in [-0.4, -0.2) is 56.4 Å². The first-order valence-electron chi connectivity index (χ1n) is 10.7. The number of nitrogens with zero attached hydrogens (tertiary/aromatic N) is 1. The van der Waals surface area contributed by atoms with Gasteiger partial charge >= 0.3 is 0 Å². The maximum atomic E-state index is 11.1. The molecule has 6 heteroatoms.